The Hall–Kier alpha value is -0.850. The number of rotatable bonds is 1. The molecule has 0 amide bonds. The number of aliphatic hydroxyl groups excluding tert-OH is 2. The largest absolute Gasteiger partial charge is 0.393 e. The van der Waals surface area contributed by atoms with Crippen LogP contribution in [0.1, 0.15) is 64.7 Å². The quantitative estimate of drug-likeness (QED) is 0.727. The SMILES string of the molecule is C[C@]12CC[C@H]3[C@@H](CC=C4C[C@@H](O)CC[C@@]43CC#N)[C@@H]1CC[C@@H]2O. The number of allylic oxidation sites excluding steroid dienone is 1. The Morgan fingerprint density at radius 3 is 2.78 bits per heavy atom. The number of nitrogens with zero attached hydrogens (tertiary/aromatic N) is 1. The Bertz CT molecular complexity index is 564. The van der Waals surface area contributed by atoms with Gasteiger partial charge in [-0.15, -0.1) is 0 Å². The number of hydrogen-bond acceptors (Lipinski definition) is 3. The molecule has 3 nitrogen and oxygen atoms in total. The maximum atomic E-state index is 10.5. The van der Waals surface area contributed by atoms with Gasteiger partial charge in [0.05, 0.1) is 18.3 Å². The van der Waals surface area contributed by atoms with Crippen molar-refractivity contribution in [2.75, 3.05) is 0 Å². The van der Waals surface area contributed by atoms with Gasteiger partial charge in [0.25, 0.3) is 0 Å². The fourth-order valence-electron chi connectivity index (χ4n) is 6.88. The molecule has 0 unspecified atom stereocenters. The second kappa shape index (κ2) is 5.33. The third-order valence-electron chi connectivity index (χ3n) is 8.15. The van der Waals surface area contributed by atoms with Gasteiger partial charge in [-0.05, 0) is 74.5 Å². The van der Waals surface area contributed by atoms with Crippen molar-refractivity contribution in [3.63, 3.8) is 0 Å². The molecular weight excluding hydrogens is 286 g/mol. The number of hydrogen-bond donors (Lipinski definition) is 2. The molecule has 0 aromatic carbocycles. The monoisotopic (exact) mass is 315 g/mol. The van der Waals surface area contributed by atoms with E-state index in [0.29, 0.717) is 24.2 Å². The molecule has 7 atom stereocenters. The lowest BCUT2D eigenvalue weighted by molar-refractivity contribution is -0.0748. The average molecular weight is 315 g/mol. The highest BCUT2D eigenvalue weighted by atomic mass is 16.3. The third-order valence-corrected chi connectivity index (χ3v) is 8.15. The Morgan fingerprint density at radius 1 is 1.17 bits per heavy atom. The van der Waals surface area contributed by atoms with Gasteiger partial charge in [-0.2, -0.15) is 5.26 Å². The molecule has 0 spiro atoms. The molecule has 0 radical (unpaired) electrons. The summed E-state index contributed by atoms with van der Waals surface area (Å²) in [6.45, 7) is 2.30. The van der Waals surface area contributed by atoms with E-state index in [1.165, 1.54) is 5.57 Å². The van der Waals surface area contributed by atoms with Gasteiger partial charge in [0.1, 0.15) is 0 Å². The molecule has 0 aromatic heterocycles. The Morgan fingerprint density at radius 2 is 2.00 bits per heavy atom. The first-order valence-electron chi connectivity index (χ1n) is 9.44. The van der Waals surface area contributed by atoms with Crippen LogP contribution in [0.25, 0.3) is 0 Å². The van der Waals surface area contributed by atoms with E-state index in [-0.39, 0.29) is 23.0 Å². The third kappa shape index (κ3) is 2.07. The van der Waals surface area contributed by atoms with Crippen molar-refractivity contribution < 1.29 is 10.2 Å². The van der Waals surface area contributed by atoms with Crippen LogP contribution in [0, 0.1) is 39.9 Å². The summed E-state index contributed by atoms with van der Waals surface area (Å²) in [5.74, 6) is 1.81. The van der Waals surface area contributed by atoms with Crippen molar-refractivity contribution in [1.82, 2.24) is 0 Å². The van der Waals surface area contributed by atoms with Crippen molar-refractivity contribution in [3.8, 4) is 6.07 Å². The molecule has 0 aliphatic heterocycles. The highest BCUT2D eigenvalue weighted by molar-refractivity contribution is 5.28. The van der Waals surface area contributed by atoms with E-state index in [1.807, 2.05) is 0 Å². The summed E-state index contributed by atoms with van der Waals surface area (Å²) in [5, 5.41) is 30.1. The molecule has 3 fully saturated rings. The summed E-state index contributed by atoms with van der Waals surface area (Å²) < 4.78 is 0. The van der Waals surface area contributed by atoms with Crippen molar-refractivity contribution in [2.24, 2.45) is 28.6 Å². The van der Waals surface area contributed by atoms with Crippen LogP contribution in [0.2, 0.25) is 0 Å². The average Bonchev–Trinajstić information content (AvgIpc) is 2.84. The standard InChI is InChI=1S/C20H29NO2/c1-19-8-7-17-15(16(19)4-5-18(19)23)3-2-13-12-14(22)6-9-20(13,17)10-11-21/h2,14-18,22-23H,3-10,12H2,1H3/t14-,15-,16-,17-,18-,19-,20+/m0/s1. The highest BCUT2D eigenvalue weighted by Crippen LogP contribution is 2.65. The van der Waals surface area contributed by atoms with Gasteiger partial charge in [-0.1, -0.05) is 18.6 Å². The van der Waals surface area contributed by atoms with Crippen LogP contribution in [0.5, 0.6) is 0 Å². The second-order valence-electron chi connectivity index (χ2n) is 8.87. The van der Waals surface area contributed by atoms with Gasteiger partial charge in [0.15, 0.2) is 0 Å². The number of aliphatic hydroxyl groups is 2. The maximum Gasteiger partial charge on any atom is 0.0631 e. The summed E-state index contributed by atoms with van der Waals surface area (Å²) >= 11 is 0. The van der Waals surface area contributed by atoms with Gasteiger partial charge in [0.2, 0.25) is 0 Å². The van der Waals surface area contributed by atoms with E-state index >= 15 is 0 Å². The first-order chi connectivity index (χ1) is 11.0. The number of fused-ring (bicyclic) bond motifs is 5. The second-order valence-corrected chi connectivity index (χ2v) is 8.87. The van der Waals surface area contributed by atoms with Crippen LogP contribution >= 0.6 is 0 Å². The Kier molecular flexibility index (Phi) is 3.63. The van der Waals surface area contributed by atoms with Crippen molar-refractivity contribution in [2.45, 2.75) is 76.9 Å². The highest BCUT2D eigenvalue weighted by Gasteiger charge is 2.59. The van der Waals surface area contributed by atoms with Gasteiger partial charge in [-0.3, -0.25) is 0 Å². The van der Waals surface area contributed by atoms with Gasteiger partial charge >= 0.3 is 0 Å². The fourth-order valence-corrected chi connectivity index (χ4v) is 6.88. The molecule has 3 heteroatoms. The molecule has 0 bridgehead atoms. The minimum atomic E-state index is -0.216. The van der Waals surface area contributed by atoms with Crippen molar-refractivity contribution >= 4 is 0 Å². The summed E-state index contributed by atoms with van der Waals surface area (Å²) in [6.07, 6.45) is 10.6. The lowest BCUT2D eigenvalue weighted by atomic mass is 9.46. The van der Waals surface area contributed by atoms with Gasteiger partial charge < -0.3 is 10.2 Å². The molecule has 126 valence electrons. The predicted octanol–water partition coefficient (Wildman–Crippen LogP) is 3.56. The van der Waals surface area contributed by atoms with E-state index < -0.39 is 0 Å². The Labute approximate surface area is 139 Å². The van der Waals surface area contributed by atoms with Crippen molar-refractivity contribution in [1.29, 1.82) is 5.26 Å². The van der Waals surface area contributed by atoms with Crippen LogP contribution in [0.4, 0.5) is 0 Å². The smallest absolute Gasteiger partial charge is 0.0631 e. The first-order valence-corrected chi connectivity index (χ1v) is 9.44. The van der Waals surface area contributed by atoms with Crippen LogP contribution in [0.15, 0.2) is 11.6 Å². The summed E-state index contributed by atoms with van der Waals surface area (Å²) in [6, 6.07) is 2.48. The molecule has 4 aliphatic carbocycles. The molecule has 0 aromatic rings. The summed E-state index contributed by atoms with van der Waals surface area (Å²) in [4.78, 5) is 0. The van der Waals surface area contributed by atoms with Gasteiger partial charge in [-0.25, -0.2) is 0 Å². The fraction of sp³-hybridized carbons (Fsp3) is 0.850. The summed E-state index contributed by atoms with van der Waals surface area (Å²) in [5.41, 5.74) is 1.49. The zero-order valence-electron chi connectivity index (χ0n) is 14.2. The normalized spacial score (nSPS) is 51.9. The molecule has 0 saturated heterocycles. The lowest BCUT2D eigenvalue weighted by Crippen LogP contribution is -2.52. The van der Waals surface area contributed by atoms with E-state index in [4.69, 9.17) is 0 Å². The van der Waals surface area contributed by atoms with E-state index in [9.17, 15) is 15.5 Å². The Balaban J connectivity index is 1.72. The molecular formula is C20H29NO2. The zero-order valence-corrected chi connectivity index (χ0v) is 14.2. The van der Waals surface area contributed by atoms with Gasteiger partial charge in [0, 0.05) is 11.8 Å². The zero-order chi connectivity index (χ0) is 16.2. The molecule has 2 N–H and O–H groups in total. The van der Waals surface area contributed by atoms with Crippen LogP contribution in [-0.4, -0.2) is 22.4 Å². The summed E-state index contributed by atoms with van der Waals surface area (Å²) in [7, 11) is 0. The van der Waals surface area contributed by atoms with E-state index in [2.05, 4.69) is 19.1 Å². The molecule has 4 rings (SSSR count). The van der Waals surface area contributed by atoms with Crippen LogP contribution in [-0.2, 0) is 0 Å². The number of nitriles is 1. The minimum Gasteiger partial charge on any atom is -0.393 e. The predicted molar refractivity (Wildman–Crippen MR) is 88.3 cm³/mol. The van der Waals surface area contributed by atoms with E-state index in [0.717, 1.165) is 51.4 Å². The molecule has 3 saturated carbocycles. The lowest BCUT2D eigenvalue weighted by Gasteiger charge is -2.58. The first kappa shape index (κ1) is 15.7. The topological polar surface area (TPSA) is 64.2 Å². The van der Waals surface area contributed by atoms with Crippen LogP contribution in [0.3, 0.4) is 0 Å². The molecule has 0 heterocycles. The van der Waals surface area contributed by atoms with Crippen LogP contribution < -0.4 is 0 Å². The maximum absolute atomic E-state index is 10.5. The van der Waals surface area contributed by atoms with E-state index in [1.54, 1.807) is 0 Å². The minimum absolute atomic E-state index is 0.0196. The molecule has 23 heavy (non-hydrogen) atoms. The van der Waals surface area contributed by atoms with Crippen molar-refractivity contribution in [3.05, 3.63) is 11.6 Å². The molecule has 4 aliphatic rings.